The zero-order chi connectivity index (χ0) is 16.9. The maximum atomic E-state index is 11.6. The predicted molar refractivity (Wildman–Crippen MR) is 86.2 cm³/mol. The van der Waals surface area contributed by atoms with Crippen molar-refractivity contribution in [1.82, 2.24) is 0 Å². The molecule has 0 saturated heterocycles. The van der Waals surface area contributed by atoms with E-state index in [1.807, 2.05) is 30.3 Å². The largest absolute Gasteiger partial charge is 0.477 e. The van der Waals surface area contributed by atoms with Gasteiger partial charge >= 0.3 is 11.6 Å². The molecule has 0 amide bonds. The first-order valence-corrected chi connectivity index (χ1v) is 7.19. The van der Waals surface area contributed by atoms with Gasteiger partial charge in [-0.25, -0.2) is 9.59 Å². The molecule has 0 atom stereocenters. The average Bonchev–Trinajstić information content (AvgIpc) is 2.58. The fourth-order valence-electron chi connectivity index (χ4n) is 2.17. The molecule has 0 radical (unpaired) electrons. The molecule has 0 saturated carbocycles. The van der Waals surface area contributed by atoms with Crippen LogP contribution in [0.2, 0.25) is 0 Å². The molecule has 6 heteroatoms. The highest BCUT2D eigenvalue weighted by Gasteiger charge is 2.12. The minimum atomic E-state index is -1.32. The summed E-state index contributed by atoms with van der Waals surface area (Å²) in [6, 6.07) is 15.8. The van der Waals surface area contributed by atoms with Gasteiger partial charge in [0.15, 0.2) is 6.79 Å². The zero-order valence-electron chi connectivity index (χ0n) is 12.6. The number of hydrogen-bond acceptors (Lipinski definition) is 5. The van der Waals surface area contributed by atoms with Crippen LogP contribution < -0.4 is 10.4 Å². The highest BCUT2D eigenvalue weighted by molar-refractivity contribution is 5.91. The van der Waals surface area contributed by atoms with Crippen molar-refractivity contribution in [2.24, 2.45) is 0 Å². The van der Waals surface area contributed by atoms with Gasteiger partial charge in [-0.1, -0.05) is 30.3 Å². The van der Waals surface area contributed by atoms with Gasteiger partial charge in [-0.05, 0) is 23.8 Å². The summed E-state index contributed by atoms with van der Waals surface area (Å²) in [7, 11) is 0. The Morgan fingerprint density at radius 3 is 2.62 bits per heavy atom. The van der Waals surface area contributed by atoms with Crippen LogP contribution in [0.5, 0.6) is 5.75 Å². The molecule has 0 unspecified atom stereocenters. The Kier molecular flexibility index (Phi) is 4.58. The Morgan fingerprint density at radius 1 is 1.08 bits per heavy atom. The van der Waals surface area contributed by atoms with Gasteiger partial charge in [-0.15, -0.1) is 0 Å². The van der Waals surface area contributed by atoms with Crippen molar-refractivity contribution in [1.29, 1.82) is 0 Å². The molecule has 1 aromatic heterocycles. The third kappa shape index (κ3) is 3.61. The second-order valence-corrected chi connectivity index (χ2v) is 5.05. The third-order valence-electron chi connectivity index (χ3n) is 3.36. The molecule has 24 heavy (non-hydrogen) atoms. The van der Waals surface area contributed by atoms with Crippen LogP contribution in [0.15, 0.2) is 63.8 Å². The highest BCUT2D eigenvalue weighted by atomic mass is 16.7. The molecule has 0 spiro atoms. The lowest BCUT2D eigenvalue weighted by atomic mass is 10.2. The van der Waals surface area contributed by atoms with Crippen LogP contribution in [0.3, 0.4) is 0 Å². The van der Waals surface area contributed by atoms with Crippen molar-refractivity contribution in [3.8, 4) is 5.75 Å². The molecule has 0 fully saturated rings. The molecule has 0 aliphatic carbocycles. The lowest BCUT2D eigenvalue weighted by molar-refractivity contribution is 0.00508. The van der Waals surface area contributed by atoms with E-state index >= 15 is 0 Å². The number of hydrogen-bond donors (Lipinski definition) is 1. The van der Waals surface area contributed by atoms with Crippen molar-refractivity contribution in [2.75, 3.05) is 6.79 Å². The van der Waals surface area contributed by atoms with Crippen LogP contribution in [0.25, 0.3) is 11.0 Å². The van der Waals surface area contributed by atoms with Crippen LogP contribution in [0.1, 0.15) is 15.9 Å². The molecule has 122 valence electrons. The molecule has 1 heterocycles. The van der Waals surface area contributed by atoms with E-state index in [9.17, 15) is 9.59 Å². The summed E-state index contributed by atoms with van der Waals surface area (Å²) in [5, 5.41) is 9.42. The molecule has 6 nitrogen and oxygen atoms in total. The first kappa shape index (κ1) is 15.8. The summed E-state index contributed by atoms with van der Waals surface area (Å²) in [4.78, 5) is 22.5. The first-order chi connectivity index (χ1) is 11.6. The summed E-state index contributed by atoms with van der Waals surface area (Å²) < 4.78 is 15.9. The molecule has 3 rings (SSSR count). The van der Waals surface area contributed by atoms with Crippen LogP contribution in [-0.4, -0.2) is 17.9 Å². The Bertz CT molecular complexity index is 914. The zero-order valence-corrected chi connectivity index (χ0v) is 12.6. The third-order valence-corrected chi connectivity index (χ3v) is 3.36. The summed E-state index contributed by atoms with van der Waals surface area (Å²) in [6.07, 6.45) is 0. The van der Waals surface area contributed by atoms with Crippen molar-refractivity contribution in [2.45, 2.75) is 6.61 Å². The Morgan fingerprint density at radius 2 is 1.88 bits per heavy atom. The molecule has 2 aromatic carbocycles. The number of carboxylic acid groups (broad SMARTS) is 1. The molecule has 1 N–H and O–H groups in total. The Labute approximate surface area is 136 Å². The van der Waals surface area contributed by atoms with E-state index in [1.165, 1.54) is 12.1 Å². The minimum absolute atomic E-state index is 0.0395. The average molecular weight is 326 g/mol. The van der Waals surface area contributed by atoms with Crippen LogP contribution >= 0.6 is 0 Å². The van der Waals surface area contributed by atoms with Crippen LogP contribution in [0.4, 0.5) is 0 Å². The Hall–Kier alpha value is -3.12. The fraction of sp³-hybridized carbons (Fsp3) is 0.111. The number of benzene rings is 2. The molecule has 3 aromatic rings. The molecular formula is C18H14O6. The summed E-state index contributed by atoms with van der Waals surface area (Å²) in [6.45, 7) is 0.462. The van der Waals surface area contributed by atoms with E-state index in [-0.39, 0.29) is 12.4 Å². The van der Waals surface area contributed by atoms with Gasteiger partial charge in [0.05, 0.1) is 6.61 Å². The van der Waals surface area contributed by atoms with Gasteiger partial charge in [-0.3, -0.25) is 0 Å². The normalized spacial score (nSPS) is 10.7. The van der Waals surface area contributed by atoms with Gasteiger partial charge in [0.25, 0.3) is 0 Å². The number of ether oxygens (including phenoxy) is 2. The predicted octanol–water partition coefficient (Wildman–Crippen LogP) is 3.04. The highest BCUT2D eigenvalue weighted by Crippen LogP contribution is 2.20. The van der Waals surface area contributed by atoms with E-state index in [2.05, 4.69) is 0 Å². The number of carbonyl (C=O) groups is 1. The maximum absolute atomic E-state index is 11.6. The van der Waals surface area contributed by atoms with E-state index in [1.54, 1.807) is 12.1 Å². The van der Waals surface area contributed by atoms with Crippen LogP contribution in [-0.2, 0) is 11.3 Å². The van der Waals surface area contributed by atoms with Crippen molar-refractivity contribution < 1.29 is 23.8 Å². The van der Waals surface area contributed by atoms with E-state index in [0.717, 1.165) is 5.56 Å². The van der Waals surface area contributed by atoms with Gasteiger partial charge in [-0.2, -0.15) is 0 Å². The van der Waals surface area contributed by atoms with Crippen molar-refractivity contribution in [3.63, 3.8) is 0 Å². The topological polar surface area (TPSA) is 86.0 Å². The molecule has 0 aliphatic heterocycles. The summed E-state index contributed by atoms with van der Waals surface area (Å²) >= 11 is 0. The van der Waals surface area contributed by atoms with Gasteiger partial charge in [0, 0.05) is 11.5 Å². The fourth-order valence-corrected chi connectivity index (χ4v) is 2.17. The smallest absolute Gasteiger partial charge is 0.351 e. The second kappa shape index (κ2) is 6.97. The van der Waals surface area contributed by atoms with E-state index < -0.39 is 17.2 Å². The first-order valence-electron chi connectivity index (χ1n) is 7.19. The van der Waals surface area contributed by atoms with Gasteiger partial charge in [0.1, 0.15) is 16.9 Å². The summed E-state index contributed by atoms with van der Waals surface area (Å²) in [5.41, 5.74) is -0.00721. The van der Waals surface area contributed by atoms with E-state index in [4.69, 9.17) is 19.0 Å². The SMILES string of the molecule is O=C(O)c1cc2ccc(OCOCc3ccccc3)cc2oc1=O. The second-order valence-electron chi connectivity index (χ2n) is 5.05. The van der Waals surface area contributed by atoms with Gasteiger partial charge in [0.2, 0.25) is 0 Å². The number of aromatic carboxylic acids is 1. The number of fused-ring (bicyclic) bond motifs is 1. The number of rotatable bonds is 6. The van der Waals surface area contributed by atoms with E-state index in [0.29, 0.717) is 17.7 Å². The van der Waals surface area contributed by atoms with Crippen molar-refractivity contribution >= 4 is 16.9 Å². The lowest BCUT2D eigenvalue weighted by Gasteiger charge is -2.08. The monoisotopic (exact) mass is 326 g/mol. The van der Waals surface area contributed by atoms with Crippen LogP contribution in [0, 0.1) is 0 Å². The summed E-state index contributed by atoms with van der Waals surface area (Å²) in [5.74, 6) is -0.859. The quantitative estimate of drug-likeness (QED) is 0.426. The molecule has 0 bridgehead atoms. The number of carboxylic acids is 1. The Balaban J connectivity index is 1.66. The van der Waals surface area contributed by atoms with Crippen molar-refractivity contribution in [3.05, 3.63) is 76.1 Å². The van der Waals surface area contributed by atoms with Gasteiger partial charge < -0.3 is 19.0 Å². The minimum Gasteiger partial charge on any atom is -0.477 e. The lowest BCUT2D eigenvalue weighted by Crippen LogP contribution is -2.12. The standard InChI is InChI=1S/C18H14O6/c19-17(20)15-8-13-6-7-14(9-16(13)24-18(15)21)23-11-22-10-12-4-2-1-3-5-12/h1-9H,10-11H2,(H,19,20). The molecule has 0 aliphatic rings. The maximum Gasteiger partial charge on any atom is 0.351 e. The molecular weight excluding hydrogens is 312 g/mol.